The maximum atomic E-state index is 13.8. The quantitative estimate of drug-likeness (QED) is 0.608. The van der Waals surface area contributed by atoms with Crippen molar-refractivity contribution in [3.8, 4) is 0 Å². The molecule has 5 rings (SSSR count). The first-order chi connectivity index (χ1) is 16.4. The lowest BCUT2D eigenvalue weighted by atomic mass is 9.70. The smallest absolute Gasteiger partial charge is 0.312 e. The Morgan fingerprint density at radius 2 is 2.00 bits per heavy atom. The molecule has 2 aromatic rings. The molecule has 0 saturated carbocycles. The lowest BCUT2D eigenvalue weighted by Gasteiger charge is -2.36. The molecule has 8 nitrogen and oxygen atoms in total. The van der Waals surface area contributed by atoms with Crippen LogP contribution in [0.4, 0.5) is 5.69 Å². The van der Waals surface area contributed by atoms with Gasteiger partial charge in [-0.25, -0.2) is 0 Å². The van der Waals surface area contributed by atoms with Gasteiger partial charge in [-0.05, 0) is 49.1 Å². The van der Waals surface area contributed by atoms with Gasteiger partial charge in [-0.1, -0.05) is 37.3 Å². The molecule has 2 N–H and O–H groups in total. The molecule has 180 valence electrons. The summed E-state index contributed by atoms with van der Waals surface area (Å²) in [4.78, 5) is 41.8. The largest absolute Gasteiger partial charge is 0.466 e. The summed E-state index contributed by atoms with van der Waals surface area (Å²) in [5.74, 6) is -2.68. The van der Waals surface area contributed by atoms with Gasteiger partial charge in [0.1, 0.15) is 11.6 Å². The molecular weight excluding hydrogens is 436 g/mol. The van der Waals surface area contributed by atoms with Gasteiger partial charge in [-0.3, -0.25) is 14.4 Å². The van der Waals surface area contributed by atoms with E-state index in [9.17, 15) is 19.5 Å². The summed E-state index contributed by atoms with van der Waals surface area (Å²) in [6.45, 7) is 3.51. The van der Waals surface area contributed by atoms with E-state index < -0.39 is 41.6 Å². The molecule has 3 saturated heterocycles. The molecular formula is C26H30N2O6. The number of nitrogens with zero attached hydrogens (tertiary/aromatic N) is 1. The highest BCUT2D eigenvalue weighted by Crippen LogP contribution is 2.59. The zero-order valence-electron chi connectivity index (χ0n) is 19.4. The Morgan fingerprint density at radius 3 is 2.71 bits per heavy atom. The molecule has 34 heavy (non-hydrogen) atoms. The number of fused-ring (bicyclic) bond motifs is 2. The van der Waals surface area contributed by atoms with E-state index in [0.717, 1.165) is 10.8 Å². The third kappa shape index (κ3) is 3.31. The van der Waals surface area contributed by atoms with E-state index in [2.05, 4.69) is 5.32 Å². The molecule has 3 heterocycles. The number of benzene rings is 2. The van der Waals surface area contributed by atoms with Crippen LogP contribution < -0.4 is 5.32 Å². The number of nitrogens with one attached hydrogen (secondary N) is 1. The molecule has 1 spiro atoms. The maximum Gasteiger partial charge on any atom is 0.312 e. The fourth-order valence-electron chi connectivity index (χ4n) is 6.18. The lowest BCUT2D eigenvalue weighted by Crippen LogP contribution is -2.56. The number of aliphatic hydroxyl groups excluding tert-OH is 1. The van der Waals surface area contributed by atoms with Gasteiger partial charge in [-0.2, -0.15) is 0 Å². The zero-order chi connectivity index (χ0) is 24.0. The Bertz CT molecular complexity index is 1130. The Hall–Kier alpha value is -2.97. The summed E-state index contributed by atoms with van der Waals surface area (Å²) >= 11 is 0. The molecule has 0 aromatic heterocycles. The van der Waals surface area contributed by atoms with Gasteiger partial charge in [0.2, 0.25) is 11.8 Å². The standard InChI is InChI=1S/C26H30N2O6/c1-3-18(14-29)28-22(23(30)27-17-10-9-15-7-5-6-8-16(15)13-17)26-12-11-19(34-26)20(21(26)24(28)31)25(32)33-4-2/h5-10,13,18-22,29H,3-4,11-12,14H2,1-2H3,(H,27,30)/t18-,19-,20+,21-,22?,26?/m0/s1. The van der Waals surface area contributed by atoms with E-state index in [1.807, 2.05) is 49.4 Å². The predicted molar refractivity (Wildman–Crippen MR) is 125 cm³/mol. The van der Waals surface area contributed by atoms with Gasteiger partial charge in [0, 0.05) is 5.69 Å². The van der Waals surface area contributed by atoms with Gasteiger partial charge in [-0.15, -0.1) is 0 Å². The highest BCUT2D eigenvalue weighted by Gasteiger charge is 2.75. The van der Waals surface area contributed by atoms with Gasteiger partial charge < -0.3 is 24.8 Å². The van der Waals surface area contributed by atoms with Crippen LogP contribution in [0.1, 0.15) is 33.1 Å². The van der Waals surface area contributed by atoms with E-state index in [-0.39, 0.29) is 25.0 Å². The maximum absolute atomic E-state index is 13.8. The number of rotatable bonds is 7. The van der Waals surface area contributed by atoms with Crippen molar-refractivity contribution in [1.29, 1.82) is 0 Å². The van der Waals surface area contributed by atoms with Crippen LogP contribution in [0.25, 0.3) is 10.8 Å². The predicted octanol–water partition coefficient (Wildman–Crippen LogP) is 2.49. The molecule has 0 aliphatic carbocycles. The van der Waals surface area contributed by atoms with Crippen LogP contribution in [0.5, 0.6) is 0 Å². The molecule has 2 unspecified atom stereocenters. The third-order valence-corrected chi connectivity index (χ3v) is 7.64. The molecule has 8 heteroatoms. The molecule has 0 radical (unpaired) electrons. The van der Waals surface area contributed by atoms with Crippen LogP contribution in [0, 0.1) is 11.8 Å². The van der Waals surface area contributed by atoms with Gasteiger partial charge in [0.05, 0.1) is 37.2 Å². The number of hydrogen-bond acceptors (Lipinski definition) is 6. The van der Waals surface area contributed by atoms with Gasteiger partial charge in [0.15, 0.2) is 0 Å². The van der Waals surface area contributed by atoms with Crippen LogP contribution in [-0.2, 0) is 23.9 Å². The number of likely N-dealkylation sites (tertiary alicyclic amines) is 1. The van der Waals surface area contributed by atoms with Crippen LogP contribution in [0.3, 0.4) is 0 Å². The van der Waals surface area contributed by atoms with Crippen LogP contribution in [-0.4, -0.2) is 64.8 Å². The number of carbonyl (C=O) groups is 3. The second kappa shape index (κ2) is 8.67. The monoisotopic (exact) mass is 466 g/mol. The Labute approximate surface area is 198 Å². The van der Waals surface area contributed by atoms with Gasteiger partial charge >= 0.3 is 5.97 Å². The summed E-state index contributed by atoms with van der Waals surface area (Å²) in [6.07, 6.45) is 1.10. The molecule has 2 amide bonds. The van der Waals surface area contributed by atoms with Crippen molar-refractivity contribution in [3.63, 3.8) is 0 Å². The van der Waals surface area contributed by atoms with E-state index in [1.54, 1.807) is 6.92 Å². The fraction of sp³-hybridized carbons (Fsp3) is 0.500. The molecule has 3 aliphatic rings. The first-order valence-corrected chi connectivity index (χ1v) is 12.0. The number of aliphatic hydroxyl groups is 1. The van der Waals surface area contributed by atoms with Crippen molar-refractivity contribution in [2.75, 3.05) is 18.5 Å². The summed E-state index contributed by atoms with van der Waals surface area (Å²) < 4.78 is 11.6. The number of hydrogen-bond donors (Lipinski definition) is 2. The second-order valence-electron chi connectivity index (χ2n) is 9.35. The van der Waals surface area contributed by atoms with Crippen LogP contribution in [0.15, 0.2) is 42.5 Å². The molecule has 3 fully saturated rings. The summed E-state index contributed by atoms with van der Waals surface area (Å²) in [7, 11) is 0. The van der Waals surface area contributed by atoms with Crippen molar-refractivity contribution >= 4 is 34.2 Å². The molecule has 3 aliphatic heterocycles. The first-order valence-electron chi connectivity index (χ1n) is 12.0. The molecule has 6 atom stereocenters. The van der Waals surface area contributed by atoms with Crippen molar-refractivity contribution in [2.45, 2.75) is 56.9 Å². The molecule has 2 aromatic carbocycles. The topological polar surface area (TPSA) is 105 Å². The van der Waals surface area contributed by atoms with Gasteiger partial charge in [0.25, 0.3) is 0 Å². The van der Waals surface area contributed by atoms with Crippen LogP contribution >= 0.6 is 0 Å². The van der Waals surface area contributed by atoms with E-state index in [1.165, 1.54) is 4.90 Å². The average molecular weight is 467 g/mol. The fourth-order valence-corrected chi connectivity index (χ4v) is 6.18. The summed E-state index contributed by atoms with van der Waals surface area (Å²) in [5, 5.41) is 15.1. The first kappa shape index (κ1) is 22.8. The van der Waals surface area contributed by atoms with Crippen molar-refractivity contribution in [1.82, 2.24) is 4.90 Å². The summed E-state index contributed by atoms with van der Waals surface area (Å²) in [5.41, 5.74) is -0.495. The van der Waals surface area contributed by atoms with Crippen LogP contribution in [0.2, 0.25) is 0 Å². The van der Waals surface area contributed by atoms with E-state index in [0.29, 0.717) is 24.9 Å². The van der Waals surface area contributed by atoms with E-state index >= 15 is 0 Å². The number of anilines is 1. The highest BCUT2D eigenvalue weighted by molar-refractivity contribution is 6.04. The number of esters is 1. The SMILES string of the molecule is CCOC(=O)[C@@H]1[C@@H]2CCC3(O2)C(C(=O)Nc2ccc4ccccc4c2)N([C@@H](CC)CO)C(=O)[C@H]13. The molecule has 2 bridgehead atoms. The van der Waals surface area contributed by atoms with Crippen molar-refractivity contribution in [2.24, 2.45) is 11.8 Å². The minimum atomic E-state index is -1.11. The minimum absolute atomic E-state index is 0.208. The Balaban J connectivity index is 1.52. The Kier molecular flexibility index (Phi) is 5.81. The number of ether oxygens (including phenoxy) is 2. The zero-order valence-corrected chi connectivity index (χ0v) is 19.4. The number of amides is 2. The normalized spacial score (nSPS) is 30.4. The lowest BCUT2D eigenvalue weighted by molar-refractivity contribution is -0.155. The third-order valence-electron chi connectivity index (χ3n) is 7.64. The highest BCUT2D eigenvalue weighted by atomic mass is 16.6. The second-order valence-corrected chi connectivity index (χ2v) is 9.35. The number of carbonyl (C=O) groups excluding carboxylic acids is 3. The van der Waals surface area contributed by atoms with E-state index in [4.69, 9.17) is 9.47 Å². The summed E-state index contributed by atoms with van der Waals surface area (Å²) in [6, 6.07) is 12.0. The minimum Gasteiger partial charge on any atom is -0.466 e. The van der Waals surface area contributed by atoms with Crippen molar-refractivity contribution in [3.05, 3.63) is 42.5 Å². The average Bonchev–Trinajstić information content (AvgIpc) is 3.48. The van der Waals surface area contributed by atoms with Crippen molar-refractivity contribution < 1.29 is 29.0 Å². The Morgan fingerprint density at radius 1 is 1.24 bits per heavy atom.